The van der Waals surface area contributed by atoms with E-state index in [2.05, 4.69) is 25.9 Å². The molecule has 0 radical (unpaired) electrons. The van der Waals surface area contributed by atoms with Crippen LogP contribution in [0, 0.1) is 6.92 Å². The molecule has 2 amide bonds. The Kier molecular flexibility index (Phi) is 4.12. The van der Waals surface area contributed by atoms with Gasteiger partial charge >= 0.3 is 0 Å². The van der Waals surface area contributed by atoms with Crippen LogP contribution in [0.25, 0.3) is 0 Å². The zero-order valence-electron chi connectivity index (χ0n) is 10.3. The highest BCUT2D eigenvalue weighted by molar-refractivity contribution is 9.10. The van der Waals surface area contributed by atoms with Crippen molar-refractivity contribution in [2.75, 3.05) is 5.73 Å². The number of aryl methyl sites for hydroxylation is 1. The largest absolute Gasteiger partial charge is 0.382 e. The van der Waals surface area contributed by atoms with Gasteiger partial charge in [-0.3, -0.25) is 9.59 Å². The summed E-state index contributed by atoms with van der Waals surface area (Å²) >= 11 is 4.28. The van der Waals surface area contributed by atoms with Crippen LogP contribution in [0.3, 0.4) is 0 Å². The molecule has 0 aliphatic carbocycles. The first-order valence-electron chi connectivity index (χ1n) is 5.37. The van der Waals surface area contributed by atoms with E-state index in [1.807, 2.05) is 0 Å². The van der Waals surface area contributed by atoms with E-state index in [4.69, 9.17) is 11.6 Å². The predicted octanol–water partition coefficient (Wildman–Crippen LogP) is 1.35. The first-order chi connectivity index (χ1) is 9.41. The predicted molar refractivity (Wildman–Crippen MR) is 77.9 cm³/mol. The summed E-state index contributed by atoms with van der Waals surface area (Å²) in [6.45, 7) is 1.76. The average Bonchev–Trinajstić information content (AvgIpc) is 2.85. The fraction of sp³-hybridized carbons (Fsp3) is 0.0909. The van der Waals surface area contributed by atoms with Crippen LogP contribution < -0.4 is 11.6 Å². The Morgan fingerprint density at radius 1 is 1.40 bits per heavy atom. The molecule has 7 nitrogen and oxygen atoms in total. The van der Waals surface area contributed by atoms with Gasteiger partial charge in [-0.1, -0.05) is 0 Å². The van der Waals surface area contributed by atoms with Crippen molar-refractivity contribution in [1.82, 2.24) is 15.0 Å². The van der Waals surface area contributed by atoms with Crippen LogP contribution in [-0.4, -0.2) is 26.8 Å². The maximum absolute atomic E-state index is 12.1. The molecular formula is C11H10BrN5O2S. The second kappa shape index (κ2) is 5.65. The quantitative estimate of drug-likeness (QED) is 0.363. The minimum absolute atomic E-state index is 0.0932. The maximum atomic E-state index is 12.1. The molecule has 0 bridgehead atoms. The summed E-state index contributed by atoms with van der Waals surface area (Å²) in [6.07, 6.45) is 1.35. The highest BCUT2D eigenvalue weighted by Crippen LogP contribution is 2.18. The lowest BCUT2D eigenvalue weighted by Gasteiger charge is -2.14. The molecule has 2 heterocycles. The zero-order valence-corrected chi connectivity index (χ0v) is 12.7. The van der Waals surface area contributed by atoms with Gasteiger partial charge < -0.3 is 5.73 Å². The van der Waals surface area contributed by atoms with Gasteiger partial charge in [-0.2, -0.15) is 0 Å². The third-order valence-corrected chi connectivity index (χ3v) is 3.85. The second-order valence-electron chi connectivity index (χ2n) is 3.84. The van der Waals surface area contributed by atoms with Crippen molar-refractivity contribution in [3.05, 3.63) is 38.4 Å². The Hall–Kier alpha value is -1.84. The summed E-state index contributed by atoms with van der Waals surface area (Å²) < 4.78 is 0.322. The number of nitrogens with two attached hydrogens (primary N) is 2. The lowest BCUT2D eigenvalue weighted by molar-refractivity contribution is 0.0615. The molecule has 0 fully saturated rings. The smallest absolute Gasteiger partial charge is 0.297 e. The van der Waals surface area contributed by atoms with E-state index in [0.29, 0.717) is 14.5 Å². The highest BCUT2D eigenvalue weighted by Gasteiger charge is 2.26. The molecule has 0 atom stereocenters. The number of carbonyl (C=O) groups is 2. The normalized spacial score (nSPS) is 10.3. The number of nitrogens with zero attached hydrogens (tertiary/aromatic N) is 3. The van der Waals surface area contributed by atoms with Crippen molar-refractivity contribution in [2.24, 2.45) is 5.84 Å². The van der Waals surface area contributed by atoms with Gasteiger partial charge in [0.25, 0.3) is 11.8 Å². The Bertz CT molecular complexity index is 687. The summed E-state index contributed by atoms with van der Waals surface area (Å²) in [5, 5.41) is 2.24. The van der Waals surface area contributed by atoms with Crippen molar-refractivity contribution in [2.45, 2.75) is 6.92 Å². The number of imide groups is 1. The van der Waals surface area contributed by atoms with Crippen LogP contribution in [0.2, 0.25) is 0 Å². The van der Waals surface area contributed by atoms with E-state index in [0.717, 1.165) is 5.56 Å². The third kappa shape index (κ3) is 2.69. The van der Waals surface area contributed by atoms with E-state index in [-0.39, 0.29) is 11.5 Å². The Morgan fingerprint density at radius 3 is 2.70 bits per heavy atom. The Balaban J connectivity index is 2.31. The number of hydrogen-bond acceptors (Lipinski definition) is 7. The highest BCUT2D eigenvalue weighted by atomic mass is 79.9. The maximum Gasteiger partial charge on any atom is 0.297 e. The van der Waals surface area contributed by atoms with Crippen LogP contribution in [0.5, 0.6) is 0 Å². The van der Waals surface area contributed by atoms with Gasteiger partial charge in [0, 0.05) is 0 Å². The molecule has 0 aliphatic rings. The number of rotatable bonds is 2. The topological polar surface area (TPSA) is 115 Å². The molecule has 20 heavy (non-hydrogen) atoms. The van der Waals surface area contributed by atoms with E-state index in [1.165, 1.54) is 17.5 Å². The summed E-state index contributed by atoms with van der Waals surface area (Å²) in [5.41, 5.74) is 6.14. The van der Waals surface area contributed by atoms with Crippen LogP contribution >= 0.6 is 27.3 Å². The molecule has 9 heteroatoms. The van der Waals surface area contributed by atoms with Crippen LogP contribution in [0.15, 0.2) is 22.2 Å². The van der Waals surface area contributed by atoms with Gasteiger partial charge in [-0.15, -0.1) is 11.3 Å². The first kappa shape index (κ1) is 14.6. The Labute approximate surface area is 126 Å². The fourth-order valence-corrected chi connectivity index (χ4v) is 2.58. The summed E-state index contributed by atoms with van der Waals surface area (Å²) in [4.78, 5) is 32.3. The number of hydrogen-bond donors (Lipinski definition) is 2. The van der Waals surface area contributed by atoms with Gasteiger partial charge in [-0.25, -0.2) is 20.8 Å². The molecule has 2 aromatic heterocycles. The summed E-state index contributed by atoms with van der Waals surface area (Å²) in [7, 11) is 0. The number of hydrazine groups is 1. The van der Waals surface area contributed by atoms with Gasteiger partial charge in [0.1, 0.15) is 4.60 Å². The van der Waals surface area contributed by atoms with Crippen LogP contribution in [0.4, 0.5) is 5.82 Å². The van der Waals surface area contributed by atoms with E-state index in [1.54, 1.807) is 18.4 Å². The molecule has 0 saturated heterocycles. The van der Waals surface area contributed by atoms with Crippen molar-refractivity contribution in [1.29, 1.82) is 0 Å². The monoisotopic (exact) mass is 355 g/mol. The molecule has 0 saturated carbocycles. The molecule has 0 aromatic carbocycles. The van der Waals surface area contributed by atoms with Gasteiger partial charge in [0.05, 0.1) is 11.1 Å². The molecule has 0 aliphatic heterocycles. The average molecular weight is 356 g/mol. The van der Waals surface area contributed by atoms with E-state index < -0.39 is 11.8 Å². The molecule has 0 unspecified atom stereocenters. The molecule has 0 spiro atoms. The number of halogens is 1. The molecule has 4 N–H and O–H groups in total. The van der Waals surface area contributed by atoms with Crippen LogP contribution in [-0.2, 0) is 0 Å². The van der Waals surface area contributed by atoms with E-state index in [9.17, 15) is 9.59 Å². The van der Waals surface area contributed by atoms with Crippen LogP contribution in [0.1, 0.15) is 25.7 Å². The lowest BCUT2D eigenvalue weighted by Crippen LogP contribution is -2.43. The van der Waals surface area contributed by atoms with Crippen molar-refractivity contribution < 1.29 is 9.59 Å². The minimum Gasteiger partial charge on any atom is -0.382 e. The SMILES string of the molecule is Cc1ccsc1C(=O)N(N)C(=O)c1nc(Br)cnc1N. The second-order valence-corrected chi connectivity index (χ2v) is 5.57. The molecule has 2 rings (SSSR count). The Morgan fingerprint density at radius 2 is 2.10 bits per heavy atom. The van der Waals surface area contributed by atoms with Gasteiger partial charge in [-0.05, 0) is 39.9 Å². The number of anilines is 1. The fourth-order valence-electron chi connectivity index (χ4n) is 1.44. The van der Waals surface area contributed by atoms with Crippen molar-refractivity contribution >= 4 is 44.9 Å². The molecular weight excluding hydrogens is 346 g/mol. The third-order valence-electron chi connectivity index (χ3n) is 2.47. The number of amides is 2. The standard InChI is InChI=1S/C11H10BrN5O2S/c1-5-2-3-20-8(5)11(19)17(14)10(18)7-9(13)15-4-6(12)16-7/h2-4H,14H2,1H3,(H2,13,15). The van der Waals surface area contributed by atoms with Crippen molar-refractivity contribution in [3.63, 3.8) is 0 Å². The van der Waals surface area contributed by atoms with Gasteiger partial charge in [0.2, 0.25) is 0 Å². The van der Waals surface area contributed by atoms with Crippen molar-refractivity contribution in [3.8, 4) is 0 Å². The lowest BCUT2D eigenvalue weighted by atomic mass is 10.2. The first-order valence-corrected chi connectivity index (χ1v) is 7.04. The number of carbonyl (C=O) groups excluding carboxylic acids is 2. The van der Waals surface area contributed by atoms with Gasteiger partial charge in [0.15, 0.2) is 11.5 Å². The number of thiophene rings is 1. The summed E-state index contributed by atoms with van der Waals surface area (Å²) in [6, 6.07) is 1.77. The number of aromatic nitrogens is 2. The summed E-state index contributed by atoms with van der Waals surface area (Å²) in [5.74, 6) is 4.06. The molecule has 104 valence electrons. The minimum atomic E-state index is -0.811. The number of nitrogen functional groups attached to an aromatic ring is 1. The zero-order chi connectivity index (χ0) is 14.9. The van der Waals surface area contributed by atoms with E-state index >= 15 is 0 Å². The molecule has 2 aromatic rings.